The van der Waals surface area contributed by atoms with Crippen LogP contribution in [0.4, 0.5) is 46.9 Å². The number of methoxy groups -OCH3 is 1. The summed E-state index contributed by atoms with van der Waals surface area (Å²) >= 11 is 0. The second-order valence-corrected chi connectivity index (χ2v) is 26.3. The first-order valence-corrected chi connectivity index (χ1v) is 33.8. The van der Waals surface area contributed by atoms with Crippen molar-refractivity contribution in [2.24, 2.45) is 0 Å². The van der Waals surface area contributed by atoms with Gasteiger partial charge in [-0.1, -0.05) is 91.3 Å². The Hall–Kier alpha value is -7.71. The Morgan fingerprint density at radius 1 is 0.667 bits per heavy atom. The largest absolute Gasteiger partial charge is 0.496 e. The second kappa shape index (κ2) is 36.6. The molecule has 0 radical (unpaired) electrons. The van der Waals surface area contributed by atoms with E-state index >= 15 is 0 Å². The predicted molar refractivity (Wildman–Crippen MR) is 383 cm³/mol. The summed E-state index contributed by atoms with van der Waals surface area (Å²) in [6.45, 7) is 5.10. The third kappa shape index (κ3) is 20.6. The number of nitrogens with one attached hydrogen (secondary N) is 2. The Kier molecular flexibility index (Phi) is 29.3. The number of para-hydroxylation sites is 1. The van der Waals surface area contributed by atoms with Crippen LogP contribution < -0.4 is 15.4 Å². The highest BCUT2D eigenvalue weighted by molar-refractivity contribution is 5.97. The van der Waals surface area contributed by atoms with Crippen LogP contribution in [0.1, 0.15) is 113 Å². The van der Waals surface area contributed by atoms with Crippen LogP contribution in [-0.2, 0) is 53.6 Å². The summed E-state index contributed by atoms with van der Waals surface area (Å²) in [4.78, 5) is 77.8. The van der Waals surface area contributed by atoms with Gasteiger partial charge < -0.3 is 53.7 Å². The average molecular weight is 1490 g/mol. The molecular formula is C75H90Cl3F7N8O9. The van der Waals surface area contributed by atoms with E-state index < -0.39 is 64.6 Å². The molecule has 27 heteroatoms. The first-order valence-electron chi connectivity index (χ1n) is 33.8. The lowest BCUT2D eigenvalue weighted by Gasteiger charge is -2.44. The molecular weight excluding hydrogens is 1400 g/mol. The van der Waals surface area contributed by atoms with Crippen molar-refractivity contribution in [1.29, 1.82) is 0 Å². The van der Waals surface area contributed by atoms with Crippen LogP contribution in [0.5, 0.6) is 5.75 Å². The third-order valence-electron chi connectivity index (χ3n) is 19.8. The molecule has 17 nitrogen and oxygen atoms in total. The number of rotatable bonds is 27. The number of nitrogens with zero attached hydrogens (tertiary/aromatic N) is 6. The Bertz CT molecular complexity index is 3740. The summed E-state index contributed by atoms with van der Waals surface area (Å²) in [5.41, 5.74) is 0.893. The molecule has 3 saturated heterocycles. The Balaban J connectivity index is 0.00000486. The zero-order valence-corrected chi connectivity index (χ0v) is 60.1. The SMILES string of the molecule is COc1cc(NCCCCCC(=O)N(C)CCN2CCC(OC(=O)Nc3ccccc3-c3ccccc3)CC2)ccc1C(=O)N(C)CCCN(C)C(=O)CO[C@H]1Cc2ccccc2C12CCN(CC[C@@]1(c3ccc(F)cc3)CN(C(=O)c3cc(C(F)(F)F)cc(C(F)(F)F)c3)CO1)CC2.Cl.Cl.Cl. The molecule has 3 fully saturated rings. The number of hydrogen-bond donors (Lipinski definition) is 2. The molecule has 5 amide bonds. The number of fused-ring (bicyclic) bond motifs is 2. The number of piperidine rings is 2. The van der Waals surface area contributed by atoms with Gasteiger partial charge in [-0.3, -0.25) is 24.5 Å². The van der Waals surface area contributed by atoms with Crippen molar-refractivity contribution in [2.75, 3.05) is 124 Å². The van der Waals surface area contributed by atoms with E-state index in [0.717, 1.165) is 84.6 Å². The third-order valence-corrected chi connectivity index (χ3v) is 19.8. The standard InChI is InChI=1S/C75H87F7N8O9.3ClH/c1-85(35-15-36-87(3)70(94)62-28-27-59(48-65(62)96-4)83-34-14-6-9-22-67(91)86(2)42-43-88-37-29-60(30-38-88)99-71(95)84-64-21-13-11-19-61(64)52-16-7-5-8-17-52)68(92)49-97-66-46-53-18-10-12-20-63(53)72(66)31-39-89(40-32-72)41-33-73(55-23-25-58(76)26-24-55)50-90(51-98-73)69(93)54-44-56(74(77,78)79)47-57(45-54)75(80,81)82;;;/h5,7-8,10-13,16-21,23-28,44-45,47-48,60,66,83H,6,9,14-15,22,29-43,46,49-51H2,1-4H3,(H,84,95);3*1H/t66-,73-;;;/m0.../s1. The lowest BCUT2D eigenvalue weighted by atomic mass is 9.72. The number of amides is 5. The molecule has 0 unspecified atom stereocenters. The molecule has 0 saturated carbocycles. The van der Waals surface area contributed by atoms with Crippen LogP contribution in [-0.4, -0.2) is 185 Å². The van der Waals surface area contributed by atoms with E-state index in [2.05, 4.69) is 32.6 Å². The first-order chi connectivity index (χ1) is 47.4. The van der Waals surface area contributed by atoms with Gasteiger partial charge in [0.25, 0.3) is 11.8 Å². The van der Waals surface area contributed by atoms with Gasteiger partial charge in [-0.2, -0.15) is 26.3 Å². The van der Waals surface area contributed by atoms with E-state index in [-0.39, 0.29) is 92.8 Å². The molecule has 102 heavy (non-hydrogen) atoms. The quantitative estimate of drug-likeness (QED) is 0.0371. The molecule has 2 atom stereocenters. The van der Waals surface area contributed by atoms with Gasteiger partial charge in [0.1, 0.15) is 36.6 Å². The Morgan fingerprint density at radius 3 is 1.99 bits per heavy atom. The molecule has 3 aliphatic heterocycles. The normalized spacial score (nSPS) is 17.5. The van der Waals surface area contributed by atoms with E-state index in [1.54, 1.807) is 40.9 Å². The summed E-state index contributed by atoms with van der Waals surface area (Å²) < 4.78 is 121. The van der Waals surface area contributed by atoms with Crippen LogP contribution in [0.3, 0.4) is 0 Å². The van der Waals surface area contributed by atoms with Crippen LogP contribution in [0.25, 0.3) is 11.1 Å². The van der Waals surface area contributed by atoms with E-state index in [0.29, 0.717) is 113 Å². The molecule has 1 spiro atoms. The maximum absolute atomic E-state index is 14.3. The van der Waals surface area contributed by atoms with Gasteiger partial charge in [-0.05, 0) is 142 Å². The summed E-state index contributed by atoms with van der Waals surface area (Å²) in [5, 5.41) is 6.34. The van der Waals surface area contributed by atoms with Crippen molar-refractivity contribution in [3.05, 3.63) is 184 Å². The molecule has 1 aliphatic carbocycles. The van der Waals surface area contributed by atoms with Gasteiger partial charge in [0.15, 0.2) is 0 Å². The maximum atomic E-state index is 14.3. The molecule has 6 aromatic carbocycles. The van der Waals surface area contributed by atoms with Gasteiger partial charge in [-0.25, -0.2) is 9.18 Å². The minimum absolute atomic E-state index is 0. The summed E-state index contributed by atoms with van der Waals surface area (Å²) in [6, 6.07) is 37.3. The zero-order chi connectivity index (χ0) is 70.5. The number of likely N-dealkylation sites (N-methyl/N-ethyl adjacent to an activating group) is 2. The Morgan fingerprint density at radius 2 is 1.30 bits per heavy atom. The molecule has 6 aromatic rings. The fourth-order valence-electron chi connectivity index (χ4n) is 14.0. The maximum Gasteiger partial charge on any atom is 0.416 e. The molecule has 0 aromatic heterocycles. The molecule has 554 valence electrons. The van der Waals surface area contributed by atoms with E-state index in [1.165, 1.54) is 31.4 Å². The summed E-state index contributed by atoms with van der Waals surface area (Å²) in [5.74, 6) is -1.53. The van der Waals surface area contributed by atoms with Crippen LogP contribution in [0.2, 0.25) is 0 Å². The predicted octanol–water partition coefficient (Wildman–Crippen LogP) is 14.3. The number of anilines is 2. The molecule has 3 heterocycles. The fraction of sp³-hybridized carbons (Fsp3) is 0.453. The van der Waals surface area contributed by atoms with Gasteiger partial charge in [-0.15, -0.1) is 37.2 Å². The Labute approximate surface area is 609 Å². The number of likely N-dealkylation sites (tertiary alicyclic amines) is 2. The zero-order valence-electron chi connectivity index (χ0n) is 57.6. The molecule has 2 N–H and O–H groups in total. The minimum Gasteiger partial charge on any atom is -0.496 e. The minimum atomic E-state index is -5.15. The first kappa shape index (κ1) is 81.6. The van der Waals surface area contributed by atoms with Crippen molar-refractivity contribution in [1.82, 2.24) is 29.4 Å². The van der Waals surface area contributed by atoms with Gasteiger partial charge in [0.05, 0.1) is 42.1 Å². The van der Waals surface area contributed by atoms with Crippen LogP contribution in [0, 0.1) is 5.82 Å². The van der Waals surface area contributed by atoms with Crippen molar-refractivity contribution in [3.63, 3.8) is 0 Å². The smallest absolute Gasteiger partial charge is 0.416 e. The van der Waals surface area contributed by atoms with E-state index in [1.807, 2.05) is 79.8 Å². The number of benzene rings is 6. The number of alkyl halides is 6. The van der Waals surface area contributed by atoms with Crippen molar-refractivity contribution in [3.8, 4) is 16.9 Å². The molecule has 0 bridgehead atoms. The topological polar surface area (TPSA) is 166 Å². The molecule has 10 rings (SSSR count). The van der Waals surface area contributed by atoms with Gasteiger partial charge >= 0.3 is 18.4 Å². The molecule has 4 aliphatic rings. The van der Waals surface area contributed by atoms with E-state index in [9.17, 15) is 54.7 Å². The average Bonchev–Trinajstić information content (AvgIpc) is 1.59. The monoisotopic (exact) mass is 1480 g/mol. The second-order valence-electron chi connectivity index (χ2n) is 26.3. The lowest BCUT2D eigenvalue weighted by molar-refractivity contribution is -0.143. The van der Waals surface area contributed by atoms with Crippen molar-refractivity contribution in [2.45, 2.75) is 106 Å². The number of carbonyl (C=O) groups excluding carboxylic acids is 5. The van der Waals surface area contributed by atoms with E-state index in [4.69, 9.17) is 18.9 Å². The lowest BCUT2D eigenvalue weighted by Crippen LogP contribution is -2.50. The fourth-order valence-corrected chi connectivity index (χ4v) is 14.0. The highest BCUT2D eigenvalue weighted by atomic mass is 35.5. The summed E-state index contributed by atoms with van der Waals surface area (Å²) in [7, 11) is 6.77. The van der Waals surface area contributed by atoms with Gasteiger partial charge in [0, 0.05) is 108 Å². The summed E-state index contributed by atoms with van der Waals surface area (Å²) in [6.07, 6.45) is -4.26. The highest BCUT2D eigenvalue weighted by Crippen LogP contribution is 2.49. The number of ether oxygens (including phenoxy) is 4. The number of carbonyl (C=O) groups is 5. The highest BCUT2D eigenvalue weighted by Gasteiger charge is 2.50. The van der Waals surface area contributed by atoms with Crippen molar-refractivity contribution < 1.29 is 73.7 Å². The van der Waals surface area contributed by atoms with Crippen LogP contribution >= 0.6 is 37.2 Å². The van der Waals surface area contributed by atoms with Crippen LogP contribution in [0.15, 0.2) is 140 Å². The number of unbranched alkanes of at least 4 members (excludes halogenated alkanes) is 2. The van der Waals surface area contributed by atoms with Crippen molar-refractivity contribution >= 4 is 78.3 Å². The number of halogens is 10. The van der Waals surface area contributed by atoms with Gasteiger partial charge in [0.2, 0.25) is 11.8 Å². The number of hydrogen-bond acceptors (Lipinski definition) is 12.